The zero-order chi connectivity index (χ0) is 16.7. The minimum Gasteiger partial charge on any atom is -0.332 e. The van der Waals surface area contributed by atoms with Crippen LogP contribution in [0, 0.1) is 0 Å². The van der Waals surface area contributed by atoms with Crippen LogP contribution in [0.3, 0.4) is 0 Å². The van der Waals surface area contributed by atoms with Crippen molar-refractivity contribution < 1.29 is 14.4 Å². The minimum atomic E-state index is -0.602. The van der Waals surface area contributed by atoms with Crippen LogP contribution in [-0.2, 0) is 9.59 Å². The van der Waals surface area contributed by atoms with E-state index in [1.165, 1.54) is 6.92 Å². The van der Waals surface area contributed by atoms with Gasteiger partial charge in [0.2, 0.25) is 5.91 Å². The van der Waals surface area contributed by atoms with Gasteiger partial charge in [-0.1, -0.05) is 26.0 Å². The van der Waals surface area contributed by atoms with Crippen LogP contribution in [0.5, 0.6) is 0 Å². The van der Waals surface area contributed by atoms with E-state index in [0.29, 0.717) is 24.6 Å². The van der Waals surface area contributed by atoms with E-state index in [2.05, 4.69) is 19.2 Å². The zero-order valence-corrected chi connectivity index (χ0v) is 13.6. The number of hydrogen-bond donors (Lipinski definition) is 1. The normalized spacial score (nSPS) is 24.0. The molecule has 2 atom stereocenters. The van der Waals surface area contributed by atoms with Crippen molar-refractivity contribution in [1.82, 2.24) is 10.2 Å². The summed E-state index contributed by atoms with van der Waals surface area (Å²) in [5.74, 6) is -0.0943. The summed E-state index contributed by atoms with van der Waals surface area (Å²) < 4.78 is 0. The van der Waals surface area contributed by atoms with Gasteiger partial charge < -0.3 is 10.2 Å². The van der Waals surface area contributed by atoms with Crippen LogP contribution in [0.1, 0.15) is 38.7 Å². The molecule has 2 aliphatic rings. The third-order valence-corrected chi connectivity index (χ3v) is 4.61. The Morgan fingerprint density at radius 1 is 1.22 bits per heavy atom. The summed E-state index contributed by atoms with van der Waals surface area (Å²) in [6.45, 7) is 6.12. The van der Waals surface area contributed by atoms with Crippen LogP contribution in [0.15, 0.2) is 24.3 Å². The minimum absolute atomic E-state index is 0.142. The molecule has 0 spiro atoms. The van der Waals surface area contributed by atoms with E-state index < -0.39 is 12.1 Å². The Balaban J connectivity index is 1.91. The number of nitrogens with zero attached hydrogens (tertiary/aromatic N) is 2. The number of urea groups is 1. The monoisotopic (exact) mass is 315 g/mol. The lowest BCUT2D eigenvalue weighted by Gasteiger charge is -2.36. The van der Waals surface area contributed by atoms with Crippen LogP contribution < -0.4 is 10.2 Å². The Morgan fingerprint density at radius 3 is 2.43 bits per heavy atom. The van der Waals surface area contributed by atoms with Crippen LogP contribution in [0.4, 0.5) is 10.5 Å². The largest absolute Gasteiger partial charge is 0.332 e. The zero-order valence-electron chi connectivity index (χ0n) is 13.6. The van der Waals surface area contributed by atoms with Crippen molar-refractivity contribution in [2.45, 2.75) is 45.2 Å². The fourth-order valence-corrected chi connectivity index (χ4v) is 3.31. The first-order valence-electron chi connectivity index (χ1n) is 7.91. The Hall–Kier alpha value is -2.37. The maximum atomic E-state index is 12.8. The summed E-state index contributed by atoms with van der Waals surface area (Å²) in [5.41, 5.74) is 1.67. The number of amides is 4. The highest BCUT2D eigenvalue weighted by atomic mass is 16.2. The van der Waals surface area contributed by atoms with Gasteiger partial charge in [-0.15, -0.1) is 0 Å². The topological polar surface area (TPSA) is 69.7 Å². The lowest BCUT2D eigenvalue weighted by atomic mass is 10.0. The average Bonchev–Trinajstić information content (AvgIpc) is 2.92. The number of benzene rings is 1. The molecular weight excluding hydrogens is 294 g/mol. The average molecular weight is 315 g/mol. The second kappa shape index (κ2) is 5.68. The number of carbonyl (C=O) groups excluding carboxylic acids is 3. The van der Waals surface area contributed by atoms with Gasteiger partial charge in [0.25, 0.3) is 5.91 Å². The molecule has 2 heterocycles. The Kier molecular flexibility index (Phi) is 3.83. The molecule has 1 N–H and O–H groups in total. The maximum absolute atomic E-state index is 12.8. The molecule has 23 heavy (non-hydrogen) atoms. The highest BCUT2D eigenvalue weighted by Crippen LogP contribution is 2.28. The molecule has 1 aromatic rings. The van der Waals surface area contributed by atoms with Gasteiger partial charge >= 0.3 is 6.03 Å². The van der Waals surface area contributed by atoms with Crippen molar-refractivity contribution in [3.8, 4) is 0 Å². The SMILES string of the molecule is CC(=O)N1CC[C@H]2NC(=O)N(c3ccc(C(C)C)cc3)C(=O)[C@H]21. The molecule has 3 rings (SSSR count). The van der Waals surface area contributed by atoms with Gasteiger partial charge in [-0.25, -0.2) is 9.69 Å². The van der Waals surface area contributed by atoms with Gasteiger partial charge in [0, 0.05) is 13.5 Å². The smallest absolute Gasteiger partial charge is 0.329 e. The lowest BCUT2D eigenvalue weighted by Crippen LogP contribution is -2.64. The van der Waals surface area contributed by atoms with Gasteiger partial charge in [0.1, 0.15) is 6.04 Å². The van der Waals surface area contributed by atoms with Crippen molar-refractivity contribution in [3.63, 3.8) is 0 Å². The maximum Gasteiger partial charge on any atom is 0.329 e. The van der Waals surface area contributed by atoms with Gasteiger partial charge in [-0.2, -0.15) is 0 Å². The van der Waals surface area contributed by atoms with Crippen molar-refractivity contribution in [3.05, 3.63) is 29.8 Å². The summed E-state index contributed by atoms with van der Waals surface area (Å²) in [5, 5.41) is 2.85. The third-order valence-electron chi connectivity index (χ3n) is 4.61. The van der Waals surface area contributed by atoms with E-state index in [9.17, 15) is 14.4 Å². The summed E-state index contributed by atoms with van der Waals surface area (Å²) in [6, 6.07) is 6.09. The Labute approximate surface area is 135 Å². The second-order valence-electron chi connectivity index (χ2n) is 6.42. The molecule has 6 heteroatoms. The van der Waals surface area contributed by atoms with Gasteiger partial charge in [-0.3, -0.25) is 9.59 Å². The summed E-state index contributed by atoms with van der Waals surface area (Å²) >= 11 is 0. The number of hydrogen-bond acceptors (Lipinski definition) is 3. The number of anilines is 1. The molecule has 2 aliphatic heterocycles. The van der Waals surface area contributed by atoms with Crippen molar-refractivity contribution >= 4 is 23.5 Å². The van der Waals surface area contributed by atoms with Crippen LogP contribution in [0.25, 0.3) is 0 Å². The number of nitrogens with one attached hydrogen (secondary N) is 1. The predicted octanol–water partition coefficient (Wildman–Crippen LogP) is 1.86. The number of likely N-dealkylation sites (tertiary alicyclic amines) is 1. The quantitative estimate of drug-likeness (QED) is 0.905. The van der Waals surface area contributed by atoms with Crippen molar-refractivity contribution in [2.75, 3.05) is 11.4 Å². The molecule has 0 bridgehead atoms. The van der Waals surface area contributed by atoms with E-state index >= 15 is 0 Å². The van der Waals surface area contributed by atoms with Gasteiger partial charge in [0.15, 0.2) is 0 Å². The lowest BCUT2D eigenvalue weighted by molar-refractivity contribution is -0.136. The standard InChI is InChI=1S/C17H21N3O3/c1-10(2)12-4-6-13(7-5-12)20-16(22)15-14(18-17(20)23)8-9-19(15)11(3)21/h4-7,10,14-15H,8-9H2,1-3H3,(H,18,23)/t14-,15+/m1/s1. The number of rotatable bonds is 2. The van der Waals surface area contributed by atoms with Crippen LogP contribution in [0.2, 0.25) is 0 Å². The molecular formula is C17H21N3O3. The molecule has 2 saturated heterocycles. The molecule has 0 aromatic heterocycles. The molecule has 1 aromatic carbocycles. The van der Waals surface area contributed by atoms with E-state index in [1.807, 2.05) is 12.1 Å². The fraction of sp³-hybridized carbons (Fsp3) is 0.471. The highest BCUT2D eigenvalue weighted by molar-refractivity contribution is 6.19. The first-order valence-corrected chi connectivity index (χ1v) is 7.91. The summed E-state index contributed by atoms with van der Waals surface area (Å²) in [6.07, 6.45) is 0.613. The second-order valence-corrected chi connectivity index (χ2v) is 6.42. The summed E-state index contributed by atoms with van der Waals surface area (Å²) in [7, 11) is 0. The first kappa shape index (κ1) is 15.5. The molecule has 0 unspecified atom stereocenters. The van der Waals surface area contributed by atoms with Crippen LogP contribution >= 0.6 is 0 Å². The summed E-state index contributed by atoms with van der Waals surface area (Å²) in [4.78, 5) is 39.6. The molecule has 0 saturated carbocycles. The highest BCUT2D eigenvalue weighted by Gasteiger charge is 2.49. The van der Waals surface area contributed by atoms with E-state index in [4.69, 9.17) is 0 Å². The molecule has 6 nitrogen and oxygen atoms in total. The van der Waals surface area contributed by atoms with Gasteiger partial charge in [-0.05, 0) is 30.0 Å². The Morgan fingerprint density at radius 2 is 1.87 bits per heavy atom. The van der Waals surface area contributed by atoms with Crippen LogP contribution in [-0.4, -0.2) is 41.4 Å². The van der Waals surface area contributed by atoms with Crippen molar-refractivity contribution in [1.29, 1.82) is 0 Å². The molecule has 2 fully saturated rings. The Bertz CT molecular complexity index is 654. The number of fused-ring (bicyclic) bond motifs is 1. The van der Waals surface area contributed by atoms with Gasteiger partial charge in [0.05, 0.1) is 11.7 Å². The number of carbonyl (C=O) groups is 3. The first-order chi connectivity index (χ1) is 10.9. The van der Waals surface area contributed by atoms with E-state index in [-0.39, 0.29) is 17.9 Å². The molecule has 0 radical (unpaired) electrons. The number of imide groups is 1. The molecule has 4 amide bonds. The third kappa shape index (κ3) is 2.58. The van der Waals surface area contributed by atoms with E-state index in [0.717, 1.165) is 10.5 Å². The molecule has 0 aliphatic carbocycles. The fourth-order valence-electron chi connectivity index (χ4n) is 3.31. The molecule has 122 valence electrons. The predicted molar refractivity (Wildman–Crippen MR) is 86.1 cm³/mol. The van der Waals surface area contributed by atoms with E-state index in [1.54, 1.807) is 17.0 Å². The van der Waals surface area contributed by atoms with Crippen molar-refractivity contribution in [2.24, 2.45) is 0 Å².